The average molecular weight is 839 g/mol. The highest BCUT2D eigenvalue weighted by Crippen LogP contribution is 2.52. The Morgan fingerprint density at radius 2 is 0.532 bits per heavy atom. The normalized spacial score (nSPS) is 12.4. The number of hydrogen-bond acceptors (Lipinski definition) is 4. The van der Waals surface area contributed by atoms with E-state index in [2.05, 4.69) is 186 Å². The lowest BCUT2D eigenvalue weighted by atomic mass is 9.67. The summed E-state index contributed by atoms with van der Waals surface area (Å²) in [4.78, 5) is 0. The molecule has 0 spiro atoms. The van der Waals surface area contributed by atoms with Gasteiger partial charge in [0.2, 0.25) is 0 Å². The van der Waals surface area contributed by atoms with E-state index in [9.17, 15) is 0 Å². The first-order valence-electron chi connectivity index (χ1n) is 22.3. The Bertz CT molecular complexity index is 1940. The highest BCUT2D eigenvalue weighted by Gasteiger charge is 2.38. The summed E-state index contributed by atoms with van der Waals surface area (Å²) in [7, 11) is 0. The van der Waals surface area contributed by atoms with Crippen LogP contribution < -0.4 is 18.9 Å². The highest BCUT2D eigenvalue weighted by atomic mass is 16.5. The molecule has 4 aromatic carbocycles. The molecule has 0 fully saturated rings. The fourth-order valence-electron chi connectivity index (χ4n) is 8.60. The maximum atomic E-state index is 6.46. The largest absolute Gasteiger partial charge is 0.489 e. The van der Waals surface area contributed by atoms with Crippen molar-refractivity contribution >= 4 is 0 Å². The smallest absolute Gasteiger partial charge is 0.123 e. The summed E-state index contributed by atoms with van der Waals surface area (Å²) in [6.07, 6.45) is 7.27. The van der Waals surface area contributed by atoms with E-state index in [1.54, 1.807) is 0 Å². The van der Waals surface area contributed by atoms with Gasteiger partial charge in [-0.25, -0.2) is 0 Å². The molecule has 0 saturated carbocycles. The molecule has 0 radical (unpaired) electrons. The zero-order chi connectivity index (χ0) is 46.5. The molecular weight excluding hydrogens is 761 g/mol. The third-order valence-electron chi connectivity index (χ3n) is 11.8. The van der Waals surface area contributed by atoms with Crippen LogP contribution in [0.2, 0.25) is 0 Å². The van der Waals surface area contributed by atoms with Crippen LogP contribution in [0.15, 0.2) is 99.2 Å². The van der Waals surface area contributed by atoms with Gasteiger partial charge in [-0.3, -0.25) is 0 Å². The monoisotopic (exact) mass is 839 g/mol. The Morgan fingerprint density at radius 3 is 0.677 bits per heavy atom. The van der Waals surface area contributed by atoms with Crippen molar-refractivity contribution in [2.45, 2.75) is 144 Å². The molecular formula is C58H78O4. The second-order valence-corrected chi connectivity index (χ2v) is 21.2. The Kier molecular flexibility index (Phi) is 15.7. The van der Waals surface area contributed by atoms with Gasteiger partial charge in [0.25, 0.3) is 0 Å². The van der Waals surface area contributed by atoms with Crippen LogP contribution in [0.4, 0.5) is 0 Å². The van der Waals surface area contributed by atoms with Gasteiger partial charge in [0.05, 0.1) is 0 Å². The number of hydrogen-bond donors (Lipinski definition) is 0. The predicted octanol–water partition coefficient (Wildman–Crippen LogP) is 15.3. The maximum absolute atomic E-state index is 6.46. The van der Waals surface area contributed by atoms with E-state index in [4.69, 9.17) is 18.9 Å². The lowest BCUT2D eigenvalue weighted by Crippen LogP contribution is -2.24. The van der Waals surface area contributed by atoms with Crippen molar-refractivity contribution in [1.82, 2.24) is 0 Å². The summed E-state index contributed by atoms with van der Waals surface area (Å²) in [5.74, 6) is 3.24. The summed E-state index contributed by atoms with van der Waals surface area (Å²) >= 11 is 0. The fourth-order valence-corrected chi connectivity index (χ4v) is 8.60. The van der Waals surface area contributed by atoms with Gasteiger partial charge in [0.1, 0.15) is 49.4 Å². The lowest BCUT2D eigenvalue weighted by molar-refractivity contribution is 0.349. The SMILES string of the molecule is C=CCOc1cc(C)c(C(c2cc(C(C)(C)C)c(OCC=C)cc2C)C(c2cc(C(C)(C)C)c(OCC=C)cc2C)c2cc(C(C)(C)C)c(OCC=C)cc2C)cc1C(C)(C)C. The second kappa shape index (κ2) is 19.6. The van der Waals surface area contributed by atoms with Crippen LogP contribution in [-0.4, -0.2) is 26.4 Å². The molecule has 62 heavy (non-hydrogen) atoms. The quantitative estimate of drug-likeness (QED) is 0.0993. The van der Waals surface area contributed by atoms with Crippen molar-refractivity contribution < 1.29 is 18.9 Å². The molecule has 0 aromatic heterocycles. The first kappa shape index (κ1) is 49.7. The Labute approximate surface area is 377 Å². The van der Waals surface area contributed by atoms with Crippen LogP contribution in [0.25, 0.3) is 0 Å². The summed E-state index contributed by atoms with van der Waals surface area (Å²) in [5.41, 5.74) is 13.4. The third kappa shape index (κ3) is 11.3. The van der Waals surface area contributed by atoms with Crippen LogP contribution >= 0.6 is 0 Å². The Hall–Kier alpha value is -4.96. The molecule has 0 unspecified atom stereocenters. The molecule has 0 atom stereocenters. The second-order valence-electron chi connectivity index (χ2n) is 21.2. The van der Waals surface area contributed by atoms with Crippen molar-refractivity contribution in [2.75, 3.05) is 26.4 Å². The van der Waals surface area contributed by atoms with E-state index >= 15 is 0 Å². The average Bonchev–Trinajstić information content (AvgIpc) is 3.15. The highest BCUT2D eigenvalue weighted by molar-refractivity contribution is 5.61. The van der Waals surface area contributed by atoms with E-state index in [0.29, 0.717) is 26.4 Å². The van der Waals surface area contributed by atoms with Crippen molar-refractivity contribution in [3.8, 4) is 23.0 Å². The van der Waals surface area contributed by atoms with Gasteiger partial charge in [0.15, 0.2) is 0 Å². The molecule has 4 aromatic rings. The minimum atomic E-state index is -0.216. The molecule has 0 amide bonds. The molecule has 0 aliphatic heterocycles. The van der Waals surface area contributed by atoms with Gasteiger partial charge in [-0.05, 0) is 140 Å². The molecule has 0 aliphatic rings. The maximum Gasteiger partial charge on any atom is 0.123 e. The van der Waals surface area contributed by atoms with Crippen molar-refractivity contribution in [3.05, 3.63) is 166 Å². The summed E-state index contributed by atoms with van der Waals surface area (Å²) in [6, 6.07) is 18.8. The number of aryl methyl sites for hydroxylation is 4. The summed E-state index contributed by atoms with van der Waals surface area (Å²) in [5, 5.41) is 0. The van der Waals surface area contributed by atoms with Crippen LogP contribution in [0, 0.1) is 27.7 Å². The Morgan fingerprint density at radius 1 is 0.355 bits per heavy atom. The van der Waals surface area contributed by atoms with Gasteiger partial charge in [-0.1, -0.05) is 158 Å². The first-order valence-corrected chi connectivity index (χ1v) is 22.3. The van der Waals surface area contributed by atoms with Gasteiger partial charge in [0, 0.05) is 11.8 Å². The minimum Gasteiger partial charge on any atom is -0.489 e. The number of benzene rings is 4. The Balaban J connectivity index is 2.39. The summed E-state index contributed by atoms with van der Waals surface area (Å²) < 4.78 is 25.8. The number of ether oxygens (including phenoxy) is 4. The van der Waals surface area contributed by atoms with Gasteiger partial charge in [-0.2, -0.15) is 0 Å². The third-order valence-corrected chi connectivity index (χ3v) is 11.8. The van der Waals surface area contributed by atoms with E-state index in [1.165, 1.54) is 22.3 Å². The van der Waals surface area contributed by atoms with E-state index in [-0.39, 0.29) is 33.5 Å². The molecule has 0 N–H and O–H groups in total. The van der Waals surface area contributed by atoms with Crippen molar-refractivity contribution in [1.29, 1.82) is 0 Å². The summed E-state index contributed by atoms with van der Waals surface area (Å²) in [6.45, 7) is 53.8. The lowest BCUT2D eigenvalue weighted by Gasteiger charge is -2.37. The molecule has 4 rings (SSSR count). The molecule has 0 heterocycles. The minimum absolute atomic E-state index is 0.156. The zero-order valence-electron chi connectivity index (χ0n) is 41.4. The topological polar surface area (TPSA) is 36.9 Å². The molecule has 4 heteroatoms. The van der Waals surface area contributed by atoms with Crippen molar-refractivity contribution in [2.24, 2.45) is 0 Å². The molecule has 0 bridgehead atoms. The predicted molar refractivity (Wildman–Crippen MR) is 266 cm³/mol. The standard InChI is InChI=1S/C58H78O4/c1-21-25-59-49-29-37(5)41(33-45(49)55(9,10)11)53(42-34-46(56(12,13)14)50(30-38(42)6)60-26-22-2)54(43-35-47(57(15,16)17)51(31-39(43)7)61-27-23-3)44-36-48(58(18,19)20)52(32-40(44)8)62-28-24-4/h21-24,29-36,53-54H,1-4,25-28H2,5-20H3. The molecule has 0 aliphatic carbocycles. The van der Waals surface area contributed by atoms with Gasteiger partial charge < -0.3 is 18.9 Å². The fraction of sp³-hybridized carbons (Fsp3) is 0.448. The zero-order valence-corrected chi connectivity index (χ0v) is 41.4. The molecule has 0 saturated heterocycles. The van der Waals surface area contributed by atoms with E-state index in [1.807, 2.05) is 24.3 Å². The van der Waals surface area contributed by atoms with Crippen molar-refractivity contribution in [3.63, 3.8) is 0 Å². The van der Waals surface area contributed by atoms with E-state index in [0.717, 1.165) is 67.5 Å². The molecule has 4 nitrogen and oxygen atoms in total. The van der Waals surface area contributed by atoms with Gasteiger partial charge in [-0.15, -0.1) is 0 Å². The first-order chi connectivity index (χ1) is 28.8. The van der Waals surface area contributed by atoms with Gasteiger partial charge >= 0.3 is 0 Å². The van der Waals surface area contributed by atoms with Crippen LogP contribution in [-0.2, 0) is 21.7 Å². The number of rotatable bonds is 17. The molecule has 334 valence electrons. The van der Waals surface area contributed by atoms with Crippen LogP contribution in [0.3, 0.4) is 0 Å². The van der Waals surface area contributed by atoms with Crippen LogP contribution in [0.5, 0.6) is 23.0 Å². The van der Waals surface area contributed by atoms with E-state index < -0.39 is 0 Å². The van der Waals surface area contributed by atoms with Crippen LogP contribution in [0.1, 0.15) is 162 Å².